The van der Waals surface area contributed by atoms with Crippen LogP contribution in [-0.4, -0.2) is 21.0 Å². The summed E-state index contributed by atoms with van der Waals surface area (Å²) in [5.74, 6) is -0.884. The predicted molar refractivity (Wildman–Crippen MR) is 140 cm³/mol. The molecule has 0 saturated heterocycles. The van der Waals surface area contributed by atoms with Crippen molar-refractivity contribution in [2.24, 2.45) is 0 Å². The van der Waals surface area contributed by atoms with Crippen molar-refractivity contribution >= 4 is 39.1 Å². The summed E-state index contributed by atoms with van der Waals surface area (Å²) in [4.78, 5) is 21.1. The number of pyridine rings is 1. The van der Waals surface area contributed by atoms with E-state index in [0.717, 1.165) is 54.3 Å². The number of benzene rings is 3. The van der Waals surface area contributed by atoms with Crippen LogP contribution in [0.3, 0.4) is 0 Å². The summed E-state index contributed by atoms with van der Waals surface area (Å²) in [6, 6.07) is 22.7. The number of aryl methyl sites for hydroxylation is 1. The fraction of sp³-hybridized carbons (Fsp3) is 0.0714. The Morgan fingerprint density at radius 3 is 2.60 bits per heavy atom. The molecule has 1 N–H and O–H groups in total. The Morgan fingerprint density at radius 1 is 1.06 bits per heavy atom. The number of carboxylic acid groups (broad SMARTS) is 1. The smallest absolute Gasteiger partial charge is 0.307 e. The zero-order valence-corrected chi connectivity index (χ0v) is 20.2. The second-order valence-electron chi connectivity index (χ2n) is 8.11. The third kappa shape index (κ3) is 4.52. The summed E-state index contributed by atoms with van der Waals surface area (Å²) in [5, 5.41) is 20.2. The van der Waals surface area contributed by atoms with E-state index in [1.54, 1.807) is 12.3 Å². The molecule has 0 aliphatic carbocycles. The molecule has 0 bridgehead atoms. The fourth-order valence-corrected chi connectivity index (χ4v) is 5.39. The standard InChI is InChI=1S/C28H18ClN3O2S/c1-16-11-24-27(26(22(16)14-25(33)34)18-5-7-21(29)8-6-18)35-28(32-24)20-9-10-31-23(13-20)19-4-2-3-17(12-19)15-30/h2-13H,14H2,1H3,(H,33,34). The Hall–Kier alpha value is -4.05. The quantitative estimate of drug-likeness (QED) is 0.279. The van der Waals surface area contributed by atoms with Gasteiger partial charge in [-0.25, -0.2) is 4.98 Å². The molecule has 170 valence electrons. The first-order valence-corrected chi connectivity index (χ1v) is 12.0. The van der Waals surface area contributed by atoms with E-state index in [9.17, 15) is 15.2 Å². The molecule has 3 aromatic carbocycles. The van der Waals surface area contributed by atoms with Crippen LogP contribution < -0.4 is 0 Å². The van der Waals surface area contributed by atoms with Gasteiger partial charge in [-0.05, 0) is 66.1 Å². The largest absolute Gasteiger partial charge is 0.481 e. The molecule has 35 heavy (non-hydrogen) atoms. The van der Waals surface area contributed by atoms with Crippen LogP contribution in [0, 0.1) is 18.3 Å². The molecular formula is C28H18ClN3O2S. The van der Waals surface area contributed by atoms with E-state index in [2.05, 4.69) is 11.1 Å². The van der Waals surface area contributed by atoms with Gasteiger partial charge in [0, 0.05) is 27.9 Å². The van der Waals surface area contributed by atoms with Crippen LogP contribution in [0.2, 0.25) is 5.02 Å². The number of nitriles is 1. The van der Waals surface area contributed by atoms with Crippen molar-refractivity contribution < 1.29 is 9.90 Å². The molecule has 0 saturated carbocycles. The summed E-state index contributed by atoms with van der Waals surface area (Å²) in [7, 11) is 0. The summed E-state index contributed by atoms with van der Waals surface area (Å²) in [6.45, 7) is 1.92. The van der Waals surface area contributed by atoms with Crippen molar-refractivity contribution in [2.45, 2.75) is 13.3 Å². The Bertz CT molecular complexity index is 1640. The van der Waals surface area contributed by atoms with E-state index in [1.807, 2.05) is 67.6 Å². The number of fused-ring (bicyclic) bond motifs is 1. The second kappa shape index (κ2) is 9.30. The van der Waals surface area contributed by atoms with Gasteiger partial charge < -0.3 is 5.11 Å². The van der Waals surface area contributed by atoms with Crippen LogP contribution >= 0.6 is 22.9 Å². The average Bonchev–Trinajstić information content (AvgIpc) is 3.28. The number of carbonyl (C=O) groups is 1. The highest BCUT2D eigenvalue weighted by Crippen LogP contribution is 2.41. The number of hydrogen-bond donors (Lipinski definition) is 1. The van der Waals surface area contributed by atoms with E-state index in [1.165, 1.54) is 11.3 Å². The third-order valence-corrected chi connectivity index (χ3v) is 7.16. The summed E-state index contributed by atoms with van der Waals surface area (Å²) in [5.41, 5.74) is 7.31. The number of rotatable bonds is 5. The maximum absolute atomic E-state index is 11.7. The van der Waals surface area contributed by atoms with E-state index >= 15 is 0 Å². The molecule has 0 unspecified atom stereocenters. The number of aliphatic carboxylic acids is 1. The molecule has 0 aliphatic rings. The first-order chi connectivity index (χ1) is 16.9. The lowest BCUT2D eigenvalue weighted by molar-refractivity contribution is -0.136. The molecule has 0 radical (unpaired) electrons. The minimum absolute atomic E-state index is 0.0817. The van der Waals surface area contributed by atoms with Crippen molar-refractivity contribution in [3.05, 3.63) is 94.6 Å². The first-order valence-electron chi connectivity index (χ1n) is 10.8. The number of aromatic nitrogens is 2. The van der Waals surface area contributed by atoms with Crippen LogP contribution in [0.4, 0.5) is 0 Å². The average molecular weight is 496 g/mol. The van der Waals surface area contributed by atoms with E-state index in [-0.39, 0.29) is 6.42 Å². The zero-order valence-electron chi connectivity index (χ0n) is 18.6. The lowest BCUT2D eigenvalue weighted by Crippen LogP contribution is -2.04. The molecule has 0 aliphatic heterocycles. The molecule has 0 spiro atoms. The van der Waals surface area contributed by atoms with Gasteiger partial charge in [-0.1, -0.05) is 35.9 Å². The second-order valence-corrected chi connectivity index (χ2v) is 9.55. The lowest BCUT2D eigenvalue weighted by atomic mass is 9.93. The van der Waals surface area contributed by atoms with Gasteiger partial charge in [-0.15, -0.1) is 11.3 Å². The molecule has 2 aromatic heterocycles. The van der Waals surface area contributed by atoms with Gasteiger partial charge >= 0.3 is 5.97 Å². The SMILES string of the molecule is Cc1cc2nc(-c3ccnc(-c4cccc(C#N)c4)c3)sc2c(-c2ccc(Cl)cc2)c1CC(=O)O. The van der Waals surface area contributed by atoms with Crippen molar-refractivity contribution in [2.75, 3.05) is 0 Å². The van der Waals surface area contributed by atoms with Gasteiger partial charge in [-0.2, -0.15) is 5.26 Å². The van der Waals surface area contributed by atoms with Gasteiger partial charge in [0.2, 0.25) is 0 Å². The number of halogens is 1. The summed E-state index contributed by atoms with van der Waals surface area (Å²) < 4.78 is 0.925. The van der Waals surface area contributed by atoms with Gasteiger partial charge in [0.1, 0.15) is 5.01 Å². The lowest BCUT2D eigenvalue weighted by Gasteiger charge is -2.13. The Labute approximate surface area is 210 Å². The maximum Gasteiger partial charge on any atom is 0.307 e. The van der Waals surface area contributed by atoms with Gasteiger partial charge in [0.15, 0.2) is 0 Å². The molecule has 5 aromatic rings. The molecule has 2 heterocycles. The molecule has 0 amide bonds. The predicted octanol–water partition coefficient (Wildman–Crippen LogP) is 7.15. The molecule has 5 nitrogen and oxygen atoms in total. The molecule has 5 rings (SSSR count). The van der Waals surface area contributed by atoms with Crippen LogP contribution in [0.5, 0.6) is 0 Å². The van der Waals surface area contributed by atoms with Crippen LogP contribution in [-0.2, 0) is 11.2 Å². The van der Waals surface area contributed by atoms with Gasteiger partial charge in [0.05, 0.1) is 34.0 Å². The highest BCUT2D eigenvalue weighted by molar-refractivity contribution is 7.22. The zero-order chi connectivity index (χ0) is 24.5. The Balaban J connectivity index is 1.69. The normalized spacial score (nSPS) is 10.9. The highest BCUT2D eigenvalue weighted by Gasteiger charge is 2.19. The van der Waals surface area contributed by atoms with Gasteiger partial charge in [-0.3, -0.25) is 9.78 Å². The van der Waals surface area contributed by atoms with Crippen molar-refractivity contribution in [3.63, 3.8) is 0 Å². The van der Waals surface area contributed by atoms with E-state index in [4.69, 9.17) is 16.6 Å². The number of nitrogens with zero attached hydrogens (tertiary/aromatic N) is 3. The summed E-state index contributed by atoms with van der Waals surface area (Å²) >= 11 is 7.63. The molecule has 0 fully saturated rings. The number of hydrogen-bond acceptors (Lipinski definition) is 5. The molecule has 0 atom stereocenters. The van der Waals surface area contributed by atoms with Gasteiger partial charge in [0.25, 0.3) is 0 Å². The van der Waals surface area contributed by atoms with Crippen LogP contribution in [0.15, 0.2) is 72.9 Å². The number of carboxylic acids is 1. The monoisotopic (exact) mass is 495 g/mol. The van der Waals surface area contributed by atoms with Crippen LogP contribution in [0.1, 0.15) is 16.7 Å². The summed E-state index contributed by atoms with van der Waals surface area (Å²) in [6.07, 6.45) is 1.65. The maximum atomic E-state index is 11.7. The number of thiazole rings is 1. The highest BCUT2D eigenvalue weighted by atomic mass is 35.5. The van der Waals surface area contributed by atoms with Crippen molar-refractivity contribution in [3.8, 4) is 39.0 Å². The minimum Gasteiger partial charge on any atom is -0.481 e. The van der Waals surface area contributed by atoms with Crippen LogP contribution in [0.25, 0.3) is 43.2 Å². The Kier molecular flexibility index (Phi) is 6.04. The van der Waals surface area contributed by atoms with Crippen molar-refractivity contribution in [1.29, 1.82) is 5.26 Å². The van der Waals surface area contributed by atoms with Crippen molar-refractivity contribution in [1.82, 2.24) is 9.97 Å². The third-order valence-electron chi connectivity index (χ3n) is 5.77. The Morgan fingerprint density at radius 2 is 1.86 bits per heavy atom. The topological polar surface area (TPSA) is 86.9 Å². The van der Waals surface area contributed by atoms with E-state index < -0.39 is 5.97 Å². The molecule has 7 heteroatoms. The minimum atomic E-state index is -0.884. The van der Waals surface area contributed by atoms with E-state index in [0.29, 0.717) is 10.6 Å². The molecular weight excluding hydrogens is 478 g/mol. The first kappa shape index (κ1) is 22.7. The fourth-order valence-electron chi connectivity index (χ4n) is 4.13.